The molecule has 2 amide bonds. The second kappa shape index (κ2) is 8.98. The number of rotatable bonds is 7. The summed E-state index contributed by atoms with van der Waals surface area (Å²) in [4.78, 5) is 36.8. The Balaban J connectivity index is 1.69. The fourth-order valence-electron chi connectivity index (χ4n) is 2.10. The number of hydrogen-bond donors (Lipinski definition) is 2. The van der Waals surface area contributed by atoms with Gasteiger partial charge >= 0.3 is 5.97 Å². The predicted octanol–water partition coefficient (Wildman–Crippen LogP) is 2.21. The molecule has 1 heterocycles. The first kappa shape index (κ1) is 18.7. The van der Waals surface area contributed by atoms with Gasteiger partial charge in [0.15, 0.2) is 6.61 Å². The first-order valence-corrected chi connectivity index (χ1v) is 8.62. The molecule has 0 aliphatic rings. The van der Waals surface area contributed by atoms with Crippen LogP contribution < -0.4 is 10.6 Å². The maximum atomic E-state index is 11.8. The van der Waals surface area contributed by atoms with Crippen molar-refractivity contribution in [3.8, 4) is 0 Å². The lowest BCUT2D eigenvalue weighted by molar-refractivity contribution is -0.147. The Labute approximate surface area is 150 Å². The highest BCUT2D eigenvalue weighted by atomic mass is 32.1. The predicted molar refractivity (Wildman–Crippen MR) is 95.3 cm³/mol. The summed E-state index contributed by atoms with van der Waals surface area (Å²) in [5.41, 5.74) is 0.959. The van der Waals surface area contributed by atoms with Crippen LogP contribution in [-0.2, 0) is 14.3 Å². The van der Waals surface area contributed by atoms with Crippen molar-refractivity contribution in [3.05, 3.63) is 57.8 Å². The quantitative estimate of drug-likeness (QED) is 0.742. The van der Waals surface area contributed by atoms with Crippen molar-refractivity contribution in [1.29, 1.82) is 0 Å². The lowest BCUT2D eigenvalue weighted by Gasteiger charge is -2.14. The van der Waals surface area contributed by atoms with E-state index in [4.69, 9.17) is 4.74 Å². The molecule has 0 saturated carbocycles. The lowest BCUT2D eigenvalue weighted by Crippen LogP contribution is -2.34. The summed E-state index contributed by atoms with van der Waals surface area (Å²) in [6, 6.07) is 12.8. The zero-order chi connectivity index (χ0) is 18.2. The molecule has 0 aliphatic heterocycles. The van der Waals surface area contributed by atoms with Gasteiger partial charge in [0.05, 0.1) is 10.9 Å². The van der Waals surface area contributed by atoms with Crippen LogP contribution in [0.2, 0.25) is 0 Å². The van der Waals surface area contributed by atoms with Crippen LogP contribution in [0.15, 0.2) is 42.5 Å². The Hall–Kier alpha value is -2.67. The molecular weight excluding hydrogens is 340 g/mol. The fraction of sp³-hybridized carbons (Fsp3) is 0.278. The van der Waals surface area contributed by atoms with Crippen LogP contribution in [0.25, 0.3) is 0 Å². The van der Waals surface area contributed by atoms with E-state index < -0.39 is 11.9 Å². The Morgan fingerprint density at radius 2 is 1.84 bits per heavy atom. The molecule has 0 saturated heterocycles. The molecule has 1 atom stereocenters. The molecule has 0 radical (unpaired) electrons. The molecule has 0 unspecified atom stereocenters. The maximum absolute atomic E-state index is 11.8. The van der Waals surface area contributed by atoms with Gasteiger partial charge in [0, 0.05) is 4.88 Å². The Morgan fingerprint density at radius 1 is 1.12 bits per heavy atom. The first-order chi connectivity index (χ1) is 12.0. The number of carbonyl (C=O) groups is 3. The molecular formula is C18H20N2O4S. The fourth-order valence-corrected chi connectivity index (χ4v) is 2.89. The first-order valence-electron chi connectivity index (χ1n) is 7.80. The van der Waals surface area contributed by atoms with E-state index in [1.54, 1.807) is 6.07 Å². The largest absolute Gasteiger partial charge is 0.454 e. The van der Waals surface area contributed by atoms with Crippen molar-refractivity contribution in [2.24, 2.45) is 0 Å². The van der Waals surface area contributed by atoms with Crippen LogP contribution in [0, 0.1) is 6.92 Å². The third-order valence-electron chi connectivity index (χ3n) is 3.40. The minimum atomic E-state index is -0.663. The van der Waals surface area contributed by atoms with Gasteiger partial charge in [0.1, 0.15) is 6.54 Å². The van der Waals surface area contributed by atoms with Crippen LogP contribution in [0.5, 0.6) is 0 Å². The topological polar surface area (TPSA) is 84.5 Å². The lowest BCUT2D eigenvalue weighted by atomic mass is 10.1. The summed E-state index contributed by atoms with van der Waals surface area (Å²) < 4.78 is 4.87. The molecule has 1 aromatic heterocycles. The van der Waals surface area contributed by atoms with Gasteiger partial charge in [-0.05, 0) is 31.5 Å². The van der Waals surface area contributed by atoms with Gasteiger partial charge in [0.25, 0.3) is 11.8 Å². The van der Waals surface area contributed by atoms with E-state index in [1.807, 2.05) is 50.2 Å². The molecule has 2 aromatic rings. The molecule has 7 heteroatoms. The molecule has 132 valence electrons. The number of amides is 2. The van der Waals surface area contributed by atoms with Gasteiger partial charge in [-0.1, -0.05) is 30.3 Å². The Kier molecular flexibility index (Phi) is 6.71. The van der Waals surface area contributed by atoms with Crippen molar-refractivity contribution >= 4 is 29.1 Å². The second-order valence-corrected chi connectivity index (χ2v) is 6.74. The van der Waals surface area contributed by atoms with Crippen molar-refractivity contribution in [2.75, 3.05) is 13.2 Å². The maximum Gasteiger partial charge on any atom is 0.325 e. The Bertz CT molecular complexity index is 743. The minimum absolute atomic E-state index is 0.186. The average molecular weight is 360 g/mol. The molecule has 6 nitrogen and oxygen atoms in total. The highest BCUT2D eigenvalue weighted by molar-refractivity contribution is 7.13. The molecule has 0 bridgehead atoms. The molecule has 25 heavy (non-hydrogen) atoms. The highest BCUT2D eigenvalue weighted by Gasteiger charge is 2.13. The van der Waals surface area contributed by atoms with Crippen molar-refractivity contribution in [3.63, 3.8) is 0 Å². The van der Waals surface area contributed by atoms with Crippen LogP contribution in [0.1, 0.15) is 33.1 Å². The standard InChI is InChI=1S/C18H20N2O4S/c1-12-8-9-15(25-12)18(23)19-10-17(22)24-11-16(21)20-13(2)14-6-4-3-5-7-14/h3-9,13H,10-11H2,1-2H3,(H,19,23)(H,20,21)/t13-/m1/s1. The highest BCUT2D eigenvalue weighted by Crippen LogP contribution is 2.14. The third-order valence-corrected chi connectivity index (χ3v) is 4.40. The van der Waals surface area contributed by atoms with E-state index in [-0.39, 0.29) is 25.1 Å². The second-order valence-electron chi connectivity index (χ2n) is 5.45. The number of benzene rings is 1. The Morgan fingerprint density at radius 3 is 2.48 bits per heavy atom. The zero-order valence-corrected chi connectivity index (χ0v) is 14.9. The van der Waals surface area contributed by atoms with Crippen LogP contribution in [0.4, 0.5) is 0 Å². The van der Waals surface area contributed by atoms with E-state index in [9.17, 15) is 14.4 Å². The van der Waals surface area contributed by atoms with Crippen molar-refractivity contribution in [1.82, 2.24) is 10.6 Å². The number of ether oxygens (including phenoxy) is 1. The number of aryl methyl sites for hydroxylation is 1. The molecule has 0 spiro atoms. The van der Waals surface area contributed by atoms with E-state index in [0.717, 1.165) is 10.4 Å². The molecule has 0 fully saturated rings. The van der Waals surface area contributed by atoms with E-state index >= 15 is 0 Å². The monoisotopic (exact) mass is 360 g/mol. The summed E-state index contributed by atoms with van der Waals surface area (Å²) in [7, 11) is 0. The van der Waals surface area contributed by atoms with Gasteiger partial charge in [0.2, 0.25) is 0 Å². The molecule has 0 aliphatic carbocycles. The van der Waals surface area contributed by atoms with Crippen molar-refractivity contribution < 1.29 is 19.1 Å². The number of thiophene rings is 1. The molecule has 1 aromatic carbocycles. The van der Waals surface area contributed by atoms with E-state index in [0.29, 0.717) is 4.88 Å². The zero-order valence-electron chi connectivity index (χ0n) is 14.1. The number of hydrogen-bond acceptors (Lipinski definition) is 5. The van der Waals surface area contributed by atoms with Gasteiger partial charge in [-0.2, -0.15) is 0 Å². The summed E-state index contributed by atoms with van der Waals surface area (Å²) in [6.07, 6.45) is 0. The summed E-state index contributed by atoms with van der Waals surface area (Å²) in [6.45, 7) is 3.07. The van der Waals surface area contributed by atoms with Gasteiger partial charge in [-0.3, -0.25) is 14.4 Å². The molecule has 2 rings (SSSR count). The van der Waals surface area contributed by atoms with Crippen LogP contribution in [-0.4, -0.2) is 30.9 Å². The number of nitrogens with one attached hydrogen (secondary N) is 2. The van der Waals surface area contributed by atoms with Crippen molar-refractivity contribution in [2.45, 2.75) is 19.9 Å². The van der Waals surface area contributed by atoms with Gasteiger partial charge in [-0.15, -0.1) is 11.3 Å². The smallest absolute Gasteiger partial charge is 0.325 e. The summed E-state index contributed by atoms with van der Waals surface area (Å²) >= 11 is 1.34. The summed E-state index contributed by atoms with van der Waals surface area (Å²) in [5, 5.41) is 5.21. The van der Waals surface area contributed by atoms with Crippen LogP contribution >= 0.6 is 11.3 Å². The minimum Gasteiger partial charge on any atom is -0.454 e. The van der Waals surface area contributed by atoms with Gasteiger partial charge < -0.3 is 15.4 Å². The SMILES string of the molecule is Cc1ccc(C(=O)NCC(=O)OCC(=O)N[C@H](C)c2ccccc2)s1. The number of carbonyl (C=O) groups excluding carboxylic acids is 3. The molecule has 2 N–H and O–H groups in total. The van der Waals surface area contributed by atoms with E-state index in [1.165, 1.54) is 11.3 Å². The van der Waals surface area contributed by atoms with Gasteiger partial charge in [-0.25, -0.2) is 0 Å². The third kappa shape index (κ3) is 6.04. The average Bonchev–Trinajstić information content (AvgIpc) is 3.05. The van der Waals surface area contributed by atoms with Crippen LogP contribution in [0.3, 0.4) is 0 Å². The normalized spacial score (nSPS) is 11.4. The summed E-state index contributed by atoms with van der Waals surface area (Å²) in [5.74, 6) is -1.40. The number of esters is 1. The van der Waals surface area contributed by atoms with E-state index in [2.05, 4.69) is 10.6 Å².